The Morgan fingerprint density at radius 3 is 2.04 bits per heavy atom. The average molecular weight is 364 g/mol. The van der Waals surface area contributed by atoms with Gasteiger partial charge in [0.05, 0.1) is 19.9 Å². The van der Waals surface area contributed by atoms with Gasteiger partial charge in [-0.25, -0.2) is 8.42 Å². The molecular weight excluding hydrogens is 340 g/mol. The molecule has 0 aliphatic carbocycles. The standard InChI is InChI=1S/C18H24N2O4S/c1-18(2,3)19-14-11-16(24-5)17(12-15(14)23-4)25(21,22)20-13-9-7-6-8-10-13/h6-12,19-20H,1-5H3. The lowest BCUT2D eigenvalue weighted by molar-refractivity contribution is 0.393. The molecule has 0 heterocycles. The van der Waals surface area contributed by atoms with E-state index < -0.39 is 10.0 Å². The highest BCUT2D eigenvalue weighted by Gasteiger charge is 2.24. The van der Waals surface area contributed by atoms with Gasteiger partial charge in [0.2, 0.25) is 0 Å². The normalized spacial score (nSPS) is 11.7. The first-order chi connectivity index (χ1) is 11.7. The zero-order chi connectivity index (χ0) is 18.7. The summed E-state index contributed by atoms with van der Waals surface area (Å²) in [4.78, 5) is 0.00941. The van der Waals surface area contributed by atoms with E-state index >= 15 is 0 Å². The number of nitrogens with one attached hydrogen (secondary N) is 2. The van der Waals surface area contributed by atoms with E-state index in [2.05, 4.69) is 10.0 Å². The SMILES string of the molecule is COc1cc(S(=O)(=O)Nc2ccccc2)c(OC)cc1NC(C)(C)C. The van der Waals surface area contributed by atoms with E-state index in [1.165, 1.54) is 20.3 Å². The topological polar surface area (TPSA) is 76.7 Å². The van der Waals surface area contributed by atoms with Crippen molar-refractivity contribution in [3.8, 4) is 11.5 Å². The molecule has 0 aromatic heterocycles. The first kappa shape index (κ1) is 18.9. The van der Waals surface area contributed by atoms with Crippen LogP contribution in [0.1, 0.15) is 20.8 Å². The number of hydrogen-bond donors (Lipinski definition) is 2. The highest BCUT2D eigenvalue weighted by molar-refractivity contribution is 7.92. The van der Waals surface area contributed by atoms with Crippen LogP contribution in [0.25, 0.3) is 0 Å². The van der Waals surface area contributed by atoms with Gasteiger partial charge in [-0.1, -0.05) is 18.2 Å². The molecule has 0 aliphatic heterocycles. The van der Waals surface area contributed by atoms with Crippen LogP contribution in [-0.4, -0.2) is 28.2 Å². The maximum absolute atomic E-state index is 12.8. The predicted octanol–water partition coefficient (Wildman–Crippen LogP) is 3.72. The van der Waals surface area contributed by atoms with Crippen molar-refractivity contribution < 1.29 is 17.9 Å². The first-order valence-corrected chi connectivity index (χ1v) is 9.26. The second kappa shape index (κ2) is 7.23. The van der Waals surface area contributed by atoms with Crippen molar-refractivity contribution >= 4 is 21.4 Å². The summed E-state index contributed by atoms with van der Waals surface area (Å²) in [6, 6.07) is 11.8. The Hall–Kier alpha value is -2.41. The summed E-state index contributed by atoms with van der Waals surface area (Å²) in [6.45, 7) is 6.00. The molecule has 0 aliphatic rings. The van der Waals surface area contributed by atoms with Crippen molar-refractivity contribution in [3.05, 3.63) is 42.5 Å². The highest BCUT2D eigenvalue weighted by Crippen LogP contribution is 2.37. The van der Waals surface area contributed by atoms with Gasteiger partial charge in [0.1, 0.15) is 16.4 Å². The van der Waals surface area contributed by atoms with Gasteiger partial charge < -0.3 is 14.8 Å². The minimum atomic E-state index is -3.83. The molecule has 2 N–H and O–H groups in total. The third-order valence-electron chi connectivity index (χ3n) is 3.31. The molecule has 25 heavy (non-hydrogen) atoms. The highest BCUT2D eigenvalue weighted by atomic mass is 32.2. The van der Waals surface area contributed by atoms with Crippen molar-refractivity contribution in [1.82, 2.24) is 0 Å². The molecule has 0 atom stereocenters. The molecule has 0 radical (unpaired) electrons. The van der Waals surface area contributed by atoms with Crippen LogP contribution in [0.15, 0.2) is 47.4 Å². The zero-order valence-electron chi connectivity index (χ0n) is 15.1. The molecule has 2 aromatic rings. The molecule has 0 spiro atoms. The van der Waals surface area contributed by atoms with E-state index in [1.807, 2.05) is 26.8 Å². The summed E-state index contributed by atoms with van der Waals surface area (Å²) in [5, 5.41) is 3.28. The van der Waals surface area contributed by atoms with E-state index in [0.717, 1.165) is 0 Å². The second-order valence-electron chi connectivity index (χ2n) is 6.55. The van der Waals surface area contributed by atoms with Crippen LogP contribution in [0.2, 0.25) is 0 Å². The lowest BCUT2D eigenvalue weighted by Gasteiger charge is -2.25. The predicted molar refractivity (Wildman–Crippen MR) is 100 cm³/mol. The van der Waals surface area contributed by atoms with Crippen molar-refractivity contribution in [1.29, 1.82) is 0 Å². The van der Waals surface area contributed by atoms with E-state index in [4.69, 9.17) is 9.47 Å². The number of methoxy groups -OCH3 is 2. The number of anilines is 2. The summed E-state index contributed by atoms with van der Waals surface area (Å²) < 4.78 is 38.8. The molecule has 0 fully saturated rings. The fourth-order valence-corrected chi connectivity index (χ4v) is 3.52. The van der Waals surface area contributed by atoms with Gasteiger partial charge in [-0.3, -0.25) is 4.72 Å². The molecule has 136 valence electrons. The van der Waals surface area contributed by atoms with E-state index in [0.29, 0.717) is 17.1 Å². The van der Waals surface area contributed by atoms with Gasteiger partial charge in [0, 0.05) is 23.4 Å². The van der Waals surface area contributed by atoms with Crippen LogP contribution >= 0.6 is 0 Å². The molecule has 0 saturated heterocycles. The lowest BCUT2D eigenvalue weighted by atomic mass is 10.1. The monoisotopic (exact) mass is 364 g/mol. The zero-order valence-corrected chi connectivity index (χ0v) is 15.9. The molecule has 0 bridgehead atoms. The third kappa shape index (κ3) is 4.79. The van der Waals surface area contributed by atoms with Crippen LogP contribution < -0.4 is 19.5 Å². The summed E-state index contributed by atoms with van der Waals surface area (Å²) in [6.07, 6.45) is 0. The second-order valence-corrected chi connectivity index (χ2v) is 8.20. The van der Waals surface area contributed by atoms with Crippen molar-refractivity contribution in [2.75, 3.05) is 24.3 Å². The molecule has 7 heteroatoms. The summed E-state index contributed by atoms with van der Waals surface area (Å²) in [5.41, 5.74) is 0.909. The average Bonchev–Trinajstić information content (AvgIpc) is 2.53. The summed E-state index contributed by atoms with van der Waals surface area (Å²) >= 11 is 0. The molecule has 0 saturated carbocycles. The number of ether oxygens (including phenoxy) is 2. The van der Waals surface area contributed by atoms with Gasteiger partial charge in [-0.2, -0.15) is 0 Å². The number of sulfonamides is 1. The lowest BCUT2D eigenvalue weighted by Crippen LogP contribution is -2.26. The maximum atomic E-state index is 12.8. The van der Waals surface area contributed by atoms with Crippen LogP contribution in [0.5, 0.6) is 11.5 Å². The Balaban J connectivity index is 2.49. The number of rotatable bonds is 6. The fraction of sp³-hybridized carbons (Fsp3) is 0.333. The fourth-order valence-electron chi connectivity index (χ4n) is 2.30. The van der Waals surface area contributed by atoms with Gasteiger partial charge in [-0.15, -0.1) is 0 Å². The Morgan fingerprint density at radius 2 is 1.52 bits per heavy atom. The summed E-state index contributed by atoms with van der Waals surface area (Å²) in [5.74, 6) is 0.653. The Morgan fingerprint density at radius 1 is 0.920 bits per heavy atom. The number of hydrogen-bond acceptors (Lipinski definition) is 5. The number of para-hydroxylation sites is 1. The molecule has 2 aromatic carbocycles. The van der Waals surface area contributed by atoms with Crippen LogP contribution in [0.4, 0.5) is 11.4 Å². The first-order valence-electron chi connectivity index (χ1n) is 7.78. The van der Waals surface area contributed by atoms with E-state index in [9.17, 15) is 8.42 Å². The largest absolute Gasteiger partial charge is 0.495 e. The van der Waals surface area contributed by atoms with Crippen molar-refractivity contribution in [2.24, 2.45) is 0 Å². The third-order valence-corrected chi connectivity index (χ3v) is 4.71. The Labute approximate surface area is 149 Å². The minimum absolute atomic E-state index is 0.00941. The van der Waals surface area contributed by atoms with Crippen LogP contribution in [0.3, 0.4) is 0 Å². The maximum Gasteiger partial charge on any atom is 0.265 e. The van der Waals surface area contributed by atoms with Crippen LogP contribution in [0, 0.1) is 0 Å². The van der Waals surface area contributed by atoms with Gasteiger partial charge in [0.15, 0.2) is 0 Å². The Kier molecular flexibility index (Phi) is 5.47. The van der Waals surface area contributed by atoms with Gasteiger partial charge in [0.25, 0.3) is 10.0 Å². The van der Waals surface area contributed by atoms with Gasteiger partial charge in [-0.05, 0) is 32.9 Å². The Bertz CT molecular complexity index is 828. The van der Waals surface area contributed by atoms with E-state index in [1.54, 1.807) is 30.3 Å². The molecule has 2 rings (SSSR count). The smallest absolute Gasteiger partial charge is 0.265 e. The molecular formula is C18H24N2O4S. The van der Waals surface area contributed by atoms with Crippen LogP contribution in [-0.2, 0) is 10.0 Å². The van der Waals surface area contributed by atoms with Crippen molar-refractivity contribution in [2.45, 2.75) is 31.2 Å². The summed E-state index contributed by atoms with van der Waals surface area (Å²) in [7, 11) is -0.900. The quantitative estimate of drug-likeness (QED) is 0.817. The molecule has 0 unspecified atom stereocenters. The molecule has 6 nitrogen and oxygen atoms in total. The number of benzene rings is 2. The van der Waals surface area contributed by atoms with E-state index in [-0.39, 0.29) is 16.2 Å². The molecule has 0 amide bonds. The van der Waals surface area contributed by atoms with Gasteiger partial charge >= 0.3 is 0 Å². The minimum Gasteiger partial charge on any atom is -0.495 e. The van der Waals surface area contributed by atoms with Crippen molar-refractivity contribution in [3.63, 3.8) is 0 Å².